The number of ether oxygens (including phenoxy) is 1. The first-order valence-corrected chi connectivity index (χ1v) is 5.15. The molecule has 0 fully saturated rings. The van der Waals surface area contributed by atoms with Crippen LogP contribution in [0.15, 0.2) is 24.3 Å². The van der Waals surface area contributed by atoms with Gasteiger partial charge in [-0.05, 0) is 25.1 Å². The highest BCUT2D eigenvalue weighted by Crippen LogP contribution is 2.25. The number of hydrogen-bond donors (Lipinski definition) is 2. The summed E-state index contributed by atoms with van der Waals surface area (Å²) in [6.07, 6.45) is -0.475. The molecule has 0 spiro atoms. The standard InChI is InChI=1S/C12H19NO2/c1-9(15-3)10-6-4-5-7-11(10)12(14)8-13-2/h4-7,9,12-14H,8H2,1-3H3. The second kappa shape index (κ2) is 5.85. The maximum Gasteiger partial charge on any atom is 0.0917 e. The first-order valence-electron chi connectivity index (χ1n) is 5.15. The molecule has 1 rings (SSSR count). The number of nitrogens with one attached hydrogen (secondary N) is 1. The number of aliphatic hydroxyl groups excluding tert-OH is 1. The molecular weight excluding hydrogens is 190 g/mol. The van der Waals surface area contributed by atoms with Crippen molar-refractivity contribution in [2.24, 2.45) is 0 Å². The zero-order chi connectivity index (χ0) is 11.3. The third-order valence-electron chi connectivity index (χ3n) is 2.54. The molecule has 1 aromatic carbocycles. The van der Waals surface area contributed by atoms with Gasteiger partial charge in [0.2, 0.25) is 0 Å². The SMILES string of the molecule is CNCC(O)c1ccccc1C(C)OC. The van der Waals surface area contributed by atoms with Gasteiger partial charge in [0.05, 0.1) is 12.2 Å². The third-order valence-corrected chi connectivity index (χ3v) is 2.54. The van der Waals surface area contributed by atoms with Crippen molar-refractivity contribution in [2.45, 2.75) is 19.1 Å². The number of benzene rings is 1. The van der Waals surface area contributed by atoms with Crippen LogP contribution in [0.1, 0.15) is 30.3 Å². The molecular formula is C12H19NO2. The van der Waals surface area contributed by atoms with Gasteiger partial charge in [-0.1, -0.05) is 24.3 Å². The van der Waals surface area contributed by atoms with Crippen molar-refractivity contribution in [1.82, 2.24) is 5.32 Å². The Hall–Kier alpha value is -0.900. The minimum Gasteiger partial charge on any atom is -0.387 e. The average molecular weight is 209 g/mol. The molecule has 2 atom stereocenters. The Morgan fingerprint density at radius 2 is 1.93 bits per heavy atom. The van der Waals surface area contributed by atoms with Gasteiger partial charge in [-0.25, -0.2) is 0 Å². The van der Waals surface area contributed by atoms with E-state index in [9.17, 15) is 5.11 Å². The van der Waals surface area contributed by atoms with Crippen molar-refractivity contribution in [1.29, 1.82) is 0 Å². The van der Waals surface area contributed by atoms with Crippen LogP contribution in [0.4, 0.5) is 0 Å². The van der Waals surface area contributed by atoms with Crippen molar-refractivity contribution < 1.29 is 9.84 Å². The van der Waals surface area contributed by atoms with Crippen LogP contribution in [0.25, 0.3) is 0 Å². The van der Waals surface area contributed by atoms with E-state index in [1.807, 2.05) is 38.2 Å². The molecule has 0 aromatic heterocycles. The third kappa shape index (κ3) is 3.02. The molecule has 0 aliphatic rings. The van der Waals surface area contributed by atoms with Gasteiger partial charge >= 0.3 is 0 Å². The van der Waals surface area contributed by atoms with Gasteiger partial charge in [-0.15, -0.1) is 0 Å². The predicted octanol–water partition coefficient (Wildman–Crippen LogP) is 1.65. The first-order chi connectivity index (χ1) is 7.20. The molecule has 0 saturated heterocycles. The number of methoxy groups -OCH3 is 1. The molecule has 0 saturated carbocycles. The summed E-state index contributed by atoms with van der Waals surface area (Å²) < 4.78 is 5.27. The minimum atomic E-state index is -0.483. The van der Waals surface area contributed by atoms with Gasteiger partial charge in [-0.2, -0.15) is 0 Å². The summed E-state index contributed by atoms with van der Waals surface area (Å²) in [4.78, 5) is 0. The molecule has 0 amide bonds. The van der Waals surface area contributed by atoms with E-state index in [0.29, 0.717) is 6.54 Å². The van der Waals surface area contributed by atoms with Crippen molar-refractivity contribution in [3.05, 3.63) is 35.4 Å². The van der Waals surface area contributed by atoms with Gasteiger partial charge < -0.3 is 15.2 Å². The summed E-state index contributed by atoms with van der Waals surface area (Å²) in [5.41, 5.74) is 1.98. The Morgan fingerprint density at radius 1 is 1.33 bits per heavy atom. The molecule has 0 aliphatic heterocycles. The normalized spacial score (nSPS) is 14.9. The van der Waals surface area contributed by atoms with Crippen LogP contribution in [0.2, 0.25) is 0 Å². The highest BCUT2D eigenvalue weighted by atomic mass is 16.5. The highest BCUT2D eigenvalue weighted by Gasteiger charge is 2.14. The molecule has 0 heterocycles. The fourth-order valence-electron chi connectivity index (χ4n) is 1.61. The summed E-state index contributed by atoms with van der Waals surface area (Å²) in [6.45, 7) is 2.53. The average Bonchev–Trinajstić information content (AvgIpc) is 2.28. The summed E-state index contributed by atoms with van der Waals surface area (Å²) in [5.74, 6) is 0. The van der Waals surface area contributed by atoms with Crippen LogP contribution in [0, 0.1) is 0 Å². The Bertz CT molecular complexity index is 301. The summed E-state index contributed by atoms with van der Waals surface area (Å²) in [6, 6.07) is 7.82. The van der Waals surface area contributed by atoms with Crippen molar-refractivity contribution in [3.63, 3.8) is 0 Å². The van der Waals surface area contributed by atoms with E-state index in [0.717, 1.165) is 11.1 Å². The second-order valence-corrected chi connectivity index (χ2v) is 3.58. The smallest absolute Gasteiger partial charge is 0.0917 e. The quantitative estimate of drug-likeness (QED) is 0.774. The van der Waals surface area contributed by atoms with Gasteiger partial charge in [0, 0.05) is 13.7 Å². The van der Waals surface area contributed by atoms with Crippen LogP contribution in [0.5, 0.6) is 0 Å². The van der Waals surface area contributed by atoms with Gasteiger partial charge in [0.1, 0.15) is 0 Å². The lowest BCUT2D eigenvalue weighted by molar-refractivity contribution is 0.113. The van der Waals surface area contributed by atoms with Crippen LogP contribution in [0.3, 0.4) is 0 Å². The zero-order valence-corrected chi connectivity index (χ0v) is 9.53. The van der Waals surface area contributed by atoms with E-state index in [1.54, 1.807) is 7.11 Å². The fourth-order valence-corrected chi connectivity index (χ4v) is 1.61. The molecule has 0 aliphatic carbocycles. The molecule has 2 N–H and O–H groups in total. The van der Waals surface area contributed by atoms with Gasteiger partial charge in [0.25, 0.3) is 0 Å². The van der Waals surface area contributed by atoms with E-state index in [-0.39, 0.29) is 6.10 Å². The van der Waals surface area contributed by atoms with Crippen LogP contribution in [-0.4, -0.2) is 25.8 Å². The Balaban J connectivity index is 2.95. The molecule has 0 radical (unpaired) electrons. The summed E-state index contributed by atoms with van der Waals surface area (Å²) in [7, 11) is 3.50. The fraction of sp³-hybridized carbons (Fsp3) is 0.500. The molecule has 1 aromatic rings. The predicted molar refractivity (Wildman–Crippen MR) is 60.8 cm³/mol. The van der Waals surface area contributed by atoms with E-state index in [2.05, 4.69) is 5.32 Å². The van der Waals surface area contributed by atoms with Crippen LogP contribution in [-0.2, 0) is 4.74 Å². The maximum atomic E-state index is 9.93. The number of likely N-dealkylation sites (N-methyl/N-ethyl adjacent to an activating group) is 1. The van der Waals surface area contributed by atoms with Crippen molar-refractivity contribution in [2.75, 3.05) is 20.7 Å². The van der Waals surface area contributed by atoms with E-state index in [4.69, 9.17) is 4.74 Å². The molecule has 3 heteroatoms. The number of rotatable bonds is 5. The topological polar surface area (TPSA) is 41.5 Å². The zero-order valence-electron chi connectivity index (χ0n) is 9.53. The molecule has 15 heavy (non-hydrogen) atoms. The lowest BCUT2D eigenvalue weighted by Gasteiger charge is -2.18. The molecule has 3 nitrogen and oxygen atoms in total. The van der Waals surface area contributed by atoms with Gasteiger partial charge in [0.15, 0.2) is 0 Å². The monoisotopic (exact) mass is 209 g/mol. The molecule has 2 unspecified atom stereocenters. The number of aliphatic hydroxyl groups is 1. The van der Waals surface area contributed by atoms with Crippen molar-refractivity contribution in [3.8, 4) is 0 Å². The first kappa shape index (κ1) is 12.2. The maximum absolute atomic E-state index is 9.93. The van der Waals surface area contributed by atoms with Crippen LogP contribution < -0.4 is 5.32 Å². The van der Waals surface area contributed by atoms with Crippen LogP contribution >= 0.6 is 0 Å². The lowest BCUT2D eigenvalue weighted by Crippen LogP contribution is -2.18. The largest absolute Gasteiger partial charge is 0.387 e. The highest BCUT2D eigenvalue weighted by molar-refractivity contribution is 5.31. The summed E-state index contributed by atoms with van der Waals surface area (Å²) >= 11 is 0. The van der Waals surface area contributed by atoms with E-state index < -0.39 is 6.10 Å². The summed E-state index contributed by atoms with van der Waals surface area (Å²) in [5, 5.41) is 12.9. The lowest BCUT2D eigenvalue weighted by atomic mass is 9.99. The Morgan fingerprint density at radius 3 is 2.47 bits per heavy atom. The van der Waals surface area contributed by atoms with E-state index >= 15 is 0 Å². The van der Waals surface area contributed by atoms with Gasteiger partial charge in [-0.3, -0.25) is 0 Å². The van der Waals surface area contributed by atoms with Crippen molar-refractivity contribution >= 4 is 0 Å². The van der Waals surface area contributed by atoms with E-state index in [1.165, 1.54) is 0 Å². The Kier molecular flexibility index (Phi) is 4.75. The number of hydrogen-bond acceptors (Lipinski definition) is 3. The molecule has 0 bridgehead atoms. The second-order valence-electron chi connectivity index (χ2n) is 3.58. The molecule has 84 valence electrons. The minimum absolute atomic E-state index is 0.00714. The Labute approximate surface area is 91.1 Å².